The maximum Gasteiger partial charge on any atom is 0.307 e. The third-order valence-corrected chi connectivity index (χ3v) is 5.18. The van der Waals surface area contributed by atoms with Crippen LogP contribution in [0, 0.1) is 0 Å². The molecule has 0 amide bonds. The monoisotopic (exact) mass is 357 g/mol. The Balaban J connectivity index is 1.94. The van der Waals surface area contributed by atoms with Crippen molar-refractivity contribution < 1.29 is 9.90 Å². The molecule has 0 saturated heterocycles. The lowest BCUT2D eigenvalue weighted by Gasteiger charge is -2.08. The molecule has 0 unspecified atom stereocenters. The highest BCUT2D eigenvalue weighted by Crippen LogP contribution is 2.35. The van der Waals surface area contributed by atoms with E-state index in [2.05, 4.69) is 54.4 Å². The van der Waals surface area contributed by atoms with Gasteiger partial charge in [-0.25, -0.2) is 0 Å². The Labute approximate surface area is 158 Å². The predicted molar refractivity (Wildman–Crippen MR) is 111 cm³/mol. The SMILES string of the molecule is CCCCc1ccc2[nH]c(-c3cccc4ccccc34)c(CC(=O)O)c2c1. The molecule has 0 aliphatic rings. The minimum absolute atomic E-state index is 0.00971. The van der Waals surface area contributed by atoms with Gasteiger partial charge in [0.25, 0.3) is 0 Å². The molecule has 4 aromatic rings. The summed E-state index contributed by atoms with van der Waals surface area (Å²) in [6, 6.07) is 20.8. The van der Waals surface area contributed by atoms with Crippen LogP contribution in [-0.4, -0.2) is 16.1 Å². The van der Waals surface area contributed by atoms with Crippen molar-refractivity contribution in [3.05, 3.63) is 71.8 Å². The molecule has 1 aromatic heterocycles. The molecule has 136 valence electrons. The molecule has 1 heterocycles. The summed E-state index contributed by atoms with van der Waals surface area (Å²) in [6.45, 7) is 2.18. The molecule has 0 aliphatic heterocycles. The summed E-state index contributed by atoms with van der Waals surface area (Å²) >= 11 is 0. The minimum atomic E-state index is -0.809. The van der Waals surface area contributed by atoms with E-state index in [0.29, 0.717) is 0 Å². The summed E-state index contributed by atoms with van der Waals surface area (Å²) in [5.74, 6) is -0.809. The Morgan fingerprint density at radius 1 is 1.00 bits per heavy atom. The zero-order valence-electron chi connectivity index (χ0n) is 15.5. The Bertz CT molecular complexity index is 1120. The first-order chi connectivity index (χ1) is 13.2. The average Bonchev–Trinajstić information content (AvgIpc) is 3.03. The van der Waals surface area contributed by atoms with E-state index in [9.17, 15) is 9.90 Å². The normalized spacial score (nSPS) is 11.3. The van der Waals surface area contributed by atoms with E-state index in [4.69, 9.17) is 0 Å². The van der Waals surface area contributed by atoms with Crippen LogP contribution in [0.15, 0.2) is 60.7 Å². The molecule has 3 heteroatoms. The predicted octanol–water partition coefficient (Wildman–Crippen LogP) is 5.96. The molecule has 2 N–H and O–H groups in total. The molecule has 3 aromatic carbocycles. The topological polar surface area (TPSA) is 53.1 Å². The number of rotatable bonds is 6. The van der Waals surface area contributed by atoms with Gasteiger partial charge >= 0.3 is 5.97 Å². The lowest BCUT2D eigenvalue weighted by molar-refractivity contribution is -0.136. The number of aliphatic carboxylic acids is 1. The molecule has 0 saturated carbocycles. The number of hydrogen-bond acceptors (Lipinski definition) is 1. The van der Waals surface area contributed by atoms with Gasteiger partial charge in [0.1, 0.15) is 0 Å². The molecule has 3 nitrogen and oxygen atoms in total. The fourth-order valence-electron chi connectivity index (χ4n) is 3.84. The molecule has 0 aliphatic carbocycles. The van der Waals surface area contributed by atoms with Gasteiger partial charge < -0.3 is 10.1 Å². The van der Waals surface area contributed by atoms with Gasteiger partial charge in [-0.2, -0.15) is 0 Å². The first-order valence-electron chi connectivity index (χ1n) is 9.50. The summed E-state index contributed by atoms with van der Waals surface area (Å²) in [5.41, 5.74) is 5.09. The van der Waals surface area contributed by atoms with Gasteiger partial charge in [0.2, 0.25) is 0 Å². The fourth-order valence-corrected chi connectivity index (χ4v) is 3.84. The fraction of sp³-hybridized carbons (Fsp3) is 0.208. The highest BCUT2D eigenvalue weighted by molar-refractivity contribution is 6.02. The van der Waals surface area contributed by atoms with Crippen LogP contribution in [0.25, 0.3) is 32.9 Å². The molecule has 0 spiro atoms. The zero-order chi connectivity index (χ0) is 18.8. The number of fused-ring (bicyclic) bond motifs is 2. The largest absolute Gasteiger partial charge is 0.481 e. The van der Waals surface area contributed by atoms with Crippen LogP contribution in [-0.2, 0) is 17.6 Å². The Hall–Kier alpha value is -3.07. The first-order valence-corrected chi connectivity index (χ1v) is 9.50. The van der Waals surface area contributed by atoms with Gasteiger partial charge in [0, 0.05) is 16.5 Å². The number of benzene rings is 3. The van der Waals surface area contributed by atoms with Crippen LogP contribution in [0.5, 0.6) is 0 Å². The number of nitrogens with one attached hydrogen (secondary N) is 1. The van der Waals surface area contributed by atoms with Crippen LogP contribution in [0.2, 0.25) is 0 Å². The van der Waals surface area contributed by atoms with Gasteiger partial charge in [0.15, 0.2) is 0 Å². The summed E-state index contributed by atoms with van der Waals surface area (Å²) in [7, 11) is 0. The number of hydrogen-bond donors (Lipinski definition) is 2. The quantitative estimate of drug-likeness (QED) is 0.447. The van der Waals surface area contributed by atoms with Crippen molar-refractivity contribution in [3.63, 3.8) is 0 Å². The molecule has 27 heavy (non-hydrogen) atoms. The van der Waals surface area contributed by atoms with Crippen molar-refractivity contribution in [2.75, 3.05) is 0 Å². The Kier molecular flexibility index (Phi) is 4.68. The van der Waals surface area contributed by atoms with E-state index < -0.39 is 5.97 Å². The maximum absolute atomic E-state index is 11.6. The van der Waals surface area contributed by atoms with E-state index in [-0.39, 0.29) is 6.42 Å². The van der Waals surface area contributed by atoms with E-state index in [1.165, 1.54) is 5.56 Å². The lowest BCUT2D eigenvalue weighted by Crippen LogP contribution is -2.01. The van der Waals surface area contributed by atoms with Gasteiger partial charge in [-0.3, -0.25) is 4.79 Å². The van der Waals surface area contributed by atoms with Crippen LogP contribution in [0.1, 0.15) is 30.9 Å². The van der Waals surface area contributed by atoms with Crippen molar-refractivity contribution in [1.82, 2.24) is 4.98 Å². The first kappa shape index (κ1) is 17.3. The smallest absolute Gasteiger partial charge is 0.307 e. The molecular weight excluding hydrogens is 334 g/mol. The second-order valence-corrected chi connectivity index (χ2v) is 7.06. The summed E-state index contributed by atoms with van der Waals surface area (Å²) < 4.78 is 0. The number of carboxylic acids is 1. The van der Waals surface area contributed by atoms with Crippen LogP contribution in [0.4, 0.5) is 0 Å². The highest BCUT2D eigenvalue weighted by Gasteiger charge is 2.17. The molecule has 0 fully saturated rings. The number of carboxylic acid groups (broad SMARTS) is 1. The standard InChI is InChI=1S/C24H23NO2/c1-2-3-7-16-12-13-22-20(14-16)21(15-23(26)27)24(25-22)19-11-6-9-17-8-4-5-10-18(17)19/h4-6,8-14,25H,2-3,7,15H2,1H3,(H,26,27). The van der Waals surface area contributed by atoms with E-state index >= 15 is 0 Å². The van der Waals surface area contributed by atoms with Crippen LogP contribution < -0.4 is 0 Å². The number of aromatic nitrogens is 1. The van der Waals surface area contributed by atoms with Gasteiger partial charge in [0.05, 0.1) is 12.1 Å². The van der Waals surface area contributed by atoms with Crippen molar-refractivity contribution in [3.8, 4) is 11.3 Å². The van der Waals surface area contributed by atoms with E-state index in [1.54, 1.807) is 0 Å². The van der Waals surface area contributed by atoms with Gasteiger partial charge in [-0.15, -0.1) is 0 Å². The van der Waals surface area contributed by atoms with Crippen molar-refractivity contribution in [1.29, 1.82) is 0 Å². The van der Waals surface area contributed by atoms with Crippen molar-refractivity contribution in [2.24, 2.45) is 0 Å². The zero-order valence-corrected chi connectivity index (χ0v) is 15.5. The van der Waals surface area contributed by atoms with Crippen LogP contribution >= 0.6 is 0 Å². The summed E-state index contributed by atoms with van der Waals surface area (Å²) in [4.78, 5) is 15.1. The summed E-state index contributed by atoms with van der Waals surface area (Å²) in [6.07, 6.45) is 3.32. The molecule has 0 bridgehead atoms. The number of unbranched alkanes of at least 4 members (excludes halogenated alkanes) is 1. The van der Waals surface area contributed by atoms with Crippen molar-refractivity contribution in [2.45, 2.75) is 32.6 Å². The van der Waals surface area contributed by atoms with Gasteiger partial charge in [-0.1, -0.05) is 61.9 Å². The maximum atomic E-state index is 11.6. The third kappa shape index (κ3) is 3.33. The number of aryl methyl sites for hydroxylation is 1. The average molecular weight is 357 g/mol. The Morgan fingerprint density at radius 2 is 1.81 bits per heavy atom. The van der Waals surface area contributed by atoms with Gasteiger partial charge in [-0.05, 0) is 46.9 Å². The van der Waals surface area contributed by atoms with E-state index in [1.807, 2.05) is 18.2 Å². The highest BCUT2D eigenvalue weighted by atomic mass is 16.4. The second-order valence-electron chi connectivity index (χ2n) is 7.06. The second kappa shape index (κ2) is 7.28. The van der Waals surface area contributed by atoms with Crippen LogP contribution in [0.3, 0.4) is 0 Å². The number of H-pyrrole nitrogens is 1. The summed E-state index contributed by atoms with van der Waals surface area (Å²) in [5, 5.41) is 12.8. The lowest BCUT2D eigenvalue weighted by atomic mass is 9.97. The molecule has 0 atom stereocenters. The Morgan fingerprint density at radius 3 is 2.63 bits per heavy atom. The number of aromatic amines is 1. The minimum Gasteiger partial charge on any atom is -0.481 e. The number of carbonyl (C=O) groups is 1. The molecule has 4 rings (SSSR count). The molecular formula is C24H23NO2. The van der Waals surface area contributed by atoms with Crippen molar-refractivity contribution >= 4 is 27.6 Å². The molecule has 0 radical (unpaired) electrons. The third-order valence-electron chi connectivity index (χ3n) is 5.18. The van der Waals surface area contributed by atoms with E-state index in [0.717, 1.165) is 57.8 Å².